The van der Waals surface area contributed by atoms with Crippen molar-refractivity contribution in [2.75, 3.05) is 10.7 Å². The van der Waals surface area contributed by atoms with Crippen molar-refractivity contribution in [2.45, 2.75) is 11.1 Å². The molecule has 1 amide bonds. The summed E-state index contributed by atoms with van der Waals surface area (Å²) in [6, 6.07) is 3.60. The van der Waals surface area contributed by atoms with Gasteiger partial charge in [-0.2, -0.15) is 8.42 Å². The number of hydrazine groups is 1. The van der Waals surface area contributed by atoms with Gasteiger partial charge in [0.1, 0.15) is 4.90 Å². The van der Waals surface area contributed by atoms with Gasteiger partial charge in [0, 0.05) is 6.20 Å². The number of alkyl halides is 1. The quantitative estimate of drug-likeness (QED) is 0.548. The molecule has 1 aliphatic heterocycles. The number of rotatable bonds is 2. The lowest BCUT2D eigenvalue weighted by atomic mass is 10.2. The number of nitrogens with zero attached hydrogens (tertiary/aromatic N) is 1. The summed E-state index contributed by atoms with van der Waals surface area (Å²) in [5.41, 5.74) is 7.55. The summed E-state index contributed by atoms with van der Waals surface area (Å²) in [6.45, 7) is 0. The van der Waals surface area contributed by atoms with Crippen molar-refractivity contribution >= 4 is 39.0 Å². The highest BCUT2D eigenvalue weighted by molar-refractivity contribution is 7.86. The normalized spacial score (nSPS) is 19.6. The number of halogens is 2. The van der Waals surface area contributed by atoms with Crippen molar-refractivity contribution in [3.63, 3.8) is 0 Å². The number of benzene rings is 1. The van der Waals surface area contributed by atoms with Crippen LogP contribution in [-0.2, 0) is 14.9 Å². The van der Waals surface area contributed by atoms with Crippen LogP contribution in [0, 0.1) is 0 Å². The Kier molecular flexibility index (Phi) is 3.59. The maximum Gasteiger partial charge on any atom is 0.296 e. The maximum atomic E-state index is 13.2. The van der Waals surface area contributed by atoms with E-state index in [0.29, 0.717) is 0 Å². The number of hydrogen-bond acceptors (Lipinski definition) is 5. The first-order valence-electron chi connectivity index (χ1n) is 5.18. The number of carbonyl (C=O) groups is 1. The fourth-order valence-electron chi connectivity index (χ4n) is 1.56. The lowest BCUT2D eigenvalue weighted by Crippen LogP contribution is -2.47. The molecule has 1 atom stereocenters. The van der Waals surface area contributed by atoms with Crippen LogP contribution in [0.3, 0.4) is 0 Å². The lowest BCUT2D eigenvalue weighted by Gasteiger charge is -2.27. The van der Waals surface area contributed by atoms with E-state index in [2.05, 4.69) is 5.43 Å². The smallest absolute Gasteiger partial charge is 0.296 e. The van der Waals surface area contributed by atoms with Crippen LogP contribution in [0.1, 0.15) is 0 Å². The Labute approximate surface area is 118 Å². The number of nitrogens with two attached hydrogens (primary N) is 1. The van der Waals surface area contributed by atoms with Crippen LogP contribution in [0.2, 0.25) is 0 Å². The van der Waals surface area contributed by atoms with Gasteiger partial charge in [0.05, 0.1) is 16.4 Å². The second-order valence-electron chi connectivity index (χ2n) is 3.92. The number of anilines is 2. The van der Waals surface area contributed by atoms with Crippen LogP contribution in [0.5, 0.6) is 0 Å². The third-order valence-electron chi connectivity index (χ3n) is 2.51. The van der Waals surface area contributed by atoms with E-state index in [0.717, 1.165) is 17.3 Å². The highest BCUT2D eigenvalue weighted by Gasteiger charge is 2.28. The third kappa shape index (κ3) is 2.69. The van der Waals surface area contributed by atoms with Crippen molar-refractivity contribution in [1.29, 1.82) is 0 Å². The molecule has 0 radical (unpaired) electrons. The van der Waals surface area contributed by atoms with Gasteiger partial charge in [0.2, 0.25) is 6.17 Å². The standard InChI is InChI=1S/C10H9ClFN3O4S/c11-6-4-15(14-10(16)9(6)12)5-1-2-7(13)8(3-5)20(17,18)19/h1-4,9H,13H2,(H,14,16)(H,17,18,19). The van der Waals surface area contributed by atoms with Gasteiger partial charge in [-0.3, -0.25) is 19.8 Å². The Morgan fingerprint density at radius 3 is 2.65 bits per heavy atom. The molecule has 0 aromatic heterocycles. The van der Waals surface area contributed by atoms with Crippen molar-refractivity contribution in [2.24, 2.45) is 0 Å². The zero-order valence-electron chi connectivity index (χ0n) is 9.75. The second kappa shape index (κ2) is 4.93. The molecule has 0 aliphatic carbocycles. The molecule has 0 saturated carbocycles. The Balaban J connectivity index is 2.48. The zero-order valence-corrected chi connectivity index (χ0v) is 11.3. The topological polar surface area (TPSA) is 113 Å². The molecule has 7 nitrogen and oxygen atoms in total. The van der Waals surface area contributed by atoms with E-state index in [9.17, 15) is 17.6 Å². The number of nitrogens with one attached hydrogen (secondary N) is 1. The van der Waals surface area contributed by atoms with Crippen LogP contribution in [0.15, 0.2) is 34.3 Å². The molecule has 20 heavy (non-hydrogen) atoms. The first kappa shape index (κ1) is 14.6. The van der Waals surface area contributed by atoms with Crippen molar-refractivity contribution < 1.29 is 22.2 Å². The molecular weight excluding hydrogens is 313 g/mol. The molecular formula is C10H9ClFN3O4S. The van der Waals surface area contributed by atoms with Crippen molar-refractivity contribution in [3.05, 3.63) is 29.4 Å². The maximum absolute atomic E-state index is 13.2. The number of amides is 1. The SMILES string of the molecule is Nc1ccc(N2C=C(Cl)C(F)C(=O)N2)cc1S(=O)(=O)O. The molecule has 2 rings (SSSR count). The van der Waals surface area contributed by atoms with Gasteiger partial charge < -0.3 is 5.73 Å². The minimum absolute atomic E-state index is 0.130. The molecule has 10 heteroatoms. The highest BCUT2D eigenvalue weighted by atomic mass is 35.5. The van der Waals surface area contributed by atoms with Crippen LogP contribution < -0.4 is 16.2 Å². The molecule has 108 valence electrons. The molecule has 4 N–H and O–H groups in total. The predicted octanol–water partition coefficient (Wildman–Crippen LogP) is 0.785. The lowest BCUT2D eigenvalue weighted by molar-refractivity contribution is -0.124. The number of hydrogen-bond donors (Lipinski definition) is 3. The van der Waals surface area contributed by atoms with E-state index in [4.69, 9.17) is 21.9 Å². The fraction of sp³-hybridized carbons (Fsp3) is 0.100. The van der Waals surface area contributed by atoms with Gasteiger partial charge in [0.15, 0.2) is 0 Å². The summed E-state index contributed by atoms with van der Waals surface area (Å²) in [6.07, 6.45) is -0.907. The Bertz CT molecular complexity index is 706. The summed E-state index contributed by atoms with van der Waals surface area (Å²) < 4.78 is 44.5. The van der Waals surface area contributed by atoms with Crippen LogP contribution in [-0.4, -0.2) is 25.0 Å². The molecule has 1 aliphatic rings. The Morgan fingerprint density at radius 1 is 1.45 bits per heavy atom. The molecule has 1 aromatic rings. The summed E-state index contributed by atoms with van der Waals surface area (Å²) >= 11 is 5.56. The highest BCUT2D eigenvalue weighted by Crippen LogP contribution is 2.27. The average Bonchev–Trinajstić information content (AvgIpc) is 2.34. The molecule has 0 bridgehead atoms. The number of nitrogen functional groups attached to an aromatic ring is 1. The molecule has 0 saturated heterocycles. The van der Waals surface area contributed by atoms with E-state index in [-0.39, 0.29) is 16.4 Å². The van der Waals surface area contributed by atoms with Gasteiger partial charge in [-0.05, 0) is 18.2 Å². The van der Waals surface area contributed by atoms with Crippen LogP contribution in [0.4, 0.5) is 15.8 Å². The van der Waals surface area contributed by atoms with E-state index in [1.807, 2.05) is 0 Å². The van der Waals surface area contributed by atoms with Gasteiger partial charge in [-0.25, -0.2) is 4.39 Å². The van der Waals surface area contributed by atoms with Gasteiger partial charge in [0.25, 0.3) is 16.0 Å². The van der Waals surface area contributed by atoms with Crippen molar-refractivity contribution in [3.8, 4) is 0 Å². The van der Waals surface area contributed by atoms with E-state index in [1.54, 1.807) is 0 Å². The molecule has 1 heterocycles. The van der Waals surface area contributed by atoms with Crippen molar-refractivity contribution in [1.82, 2.24) is 5.43 Å². The second-order valence-corrected chi connectivity index (χ2v) is 5.75. The van der Waals surface area contributed by atoms with Gasteiger partial charge in [-0.15, -0.1) is 0 Å². The van der Waals surface area contributed by atoms with E-state index >= 15 is 0 Å². The molecule has 0 fully saturated rings. The Morgan fingerprint density at radius 2 is 2.10 bits per heavy atom. The molecule has 1 unspecified atom stereocenters. The summed E-state index contributed by atoms with van der Waals surface area (Å²) in [4.78, 5) is 10.8. The van der Waals surface area contributed by atoms with Gasteiger partial charge in [-0.1, -0.05) is 11.6 Å². The van der Waals surface area contributed by atoms with Gasteiger partial charge >= 0.3 is 0 Å². The Hall–Kier alpha value is -1.84. The summed E-state index contributed by atoms with van der Waals surface area (Å²) in [7, 11) is -4.52. The summed E-state index contributed by atoms with van der Waals surface area (Å²) in [5, 5.41) is 0.661. The summed E-state index contributed by atoms with van der Waals surface area (Å²) in [5.74, 6) is -0.997. The predicted molar refractivity (Wildman–Crippen MR) is 70.1 cm³/mol. The average molecular weight is 322 g/mol. The fourth-order valence-corrected chi connectivity index (χ4v) is 2.39. The third-order valence-corrected chi connectivity index (χ3v) is 3.71. The first-order valence-corrected chi connectivity index (χ1v) is 7.00. The molecule has 1 aromatic carbocycles. The monoisotopic (exact) mass is 321 g/mol. The van der Waals surface area contributed by atoms with Crippen LogP contribution >= 0.6 is 11.6 Å². The van der Waals surface area contributed by atoms with E-state index in [1.165, 1.54) is 12.1 Å². The molecule has 0 spiro atoms. The minimum atomic E-state index is -4.52. The minimum Gasteiger partial charge on any atom is -0.398 e. The zero-order chi connectivity index (χ0) is 15.1. The first-order chi connectivity index (χ1) is 9.20. The largest absolute Gasteiger partial charge is 0.398 e. The van der Waals surface area contributed by atoms with E-state index < -0.39 is 27.1 Å². The van der Waals surface area contributed by atoms with Crippen LogP contribution in [0.25, 0.3) is 0 Å². The number of carbonyl (C=O) groups excluding carboxylic acids is 1.